The number of hydrogen-bond acceptors (Lipinski definition) is 9. The van der Waals surface area contributed by atoms with E-state index in [1.165, 1.54) is 0 Å². The number of amides is 2. The van der Waals surface area contributed by atoms with Crippen molar-refractivity contribution >= 4 is 27.6 Å². The molecule has 0 spiro atoms. The SMILES string of the molecule is O=C(CCC(=O)N1Cc2ccccc2C#Cc2ccccc21)NCCOCCOCCOCCOCCNCCCS(=O)(=O)O. The van der Waals surface area contributed by atoms with Gasteiger partial charge in [0.15, 0.2) is 0 Å². The predicted octanol–water partition coefficient (Wildman–Crippen LogP) is 1.76. The summed E-state index contributed by atoms with van der Waals surface area (Å²) in [6, 6.07) is 15.3. The summed E-state index contributed by atoms with van der Waals surface area (Å²) in [4.78, 5) is 27.3. The van der Waals surface area contributed by atoms with Crippen molar-refractivity contribution in [2.45, 2.75) is 25.8 Å². The normalized spacial score (nSPS) is 12.3. The Morgan fingerprint density at radius 1 is 0.756 bits per heavy atom. The van der Waals surface area contributed by atoms with Gasteiger partial charge in [-0.25, -0.2) is 0 Å². The first kappa shape index (κ1) is 36.1. The van der Waals surface area contributed by atoms with Gasteiger partial charge in [0.1, 0.15) is 0 Å². The number of hydrogen-bond donors (Lipinski definition) is 3. The van der Waals surface area contributed by atoms with Gasteiger partial charge in [0.25, 0.3) is 10.1 Å². The largest absolute Gasteiger partial charge is 0.378 e. The molecule has 0 fully saturated rings. The molecule has 0 radical (unpaired) electrons. The second kappa shape index (κ2) is 20.6. The standard InChI is InChI=1S/C32H43N3O9S/c36-31(12-13-32(37)35-26-29-8-2-1-6-27(29)10-11-28-7-3-4-9-30(28)35)34-16-18-42-20-22-44-24-23-43-21-19-41-17-15-33-14-5-25-45(38,39)40/h1-4,6-9,33H,5,12-26H2,(H,34,36)(H,38,39,40). The van der Waals surface area contributed by atoms with Crippen molar-refractivity contribution in [1.29, 1.82) is 0 Å². The van der Waals surface area contributed by atoms with E-state index >= 15 is 0 Å². The molecule has 0 saturated heterocycles. The Labute approximate surface area is 265 Å². The lowest BCUT2D eigenvalue weighted by Crippen LogP contribution is -2.34. The Kier molecular flexibility index (Phi) is 16.6. The molecular weight excluding hydrogens is 602 g/mol. The number of fused-ring (bicyclic) bond motifs is 2. The summed E-state index contributed by atoms with van der Waals surface area (Å²) in [6.07, 6.45) is 0.503. The molecule has 1 aliphatic rings. The minimum Gasteiger partial charge on any atom is -0.378 e. The molecule has 0 atom stereocenters. The Balaban J connectivity index is 1.16. The number of nitrogens with zero attached hydrogens (tertiary/aromatic N) is 1. The zero-order valence-corrected chi connectivity index (χ0v) is 26.3. The highest BCUT2D eigenvalue weighted by Crippen LogP contribution is 2.26. The van der Waals surface area contributed by atoms with E-state index in [2.05, 4.69) is 22.5 Å². The van der Waals surface area contributed by atoms with Gasteiger partial charge in [-0.2, -0.15) is 8.42 Å². The van der Waals surface area contributed by atoms with Crippen molar-refractivity contribution in [3.8, 4) is 11.8 Å². The first-order chi connectivity index (χ1) is 21.8. The summed E-state index contributed by atoms with van der Waals surface area (Å²) in [5.74, 6) is 5.77. The molecule has 0 aliphatic carbocycles. The molecule has 3 rings (SSSR count). The lowest BCUT2D eigenvalue weighted by atomic mass is 10.0. The molecule has 2 amide bonds. The van der Waals surface area contributed by atoms with Crippen LogP contribution in [0.15, 0.2) is 48.5 Å². The molecule has 1 heterocycles. The molecule has 0 aromatic heterocycles. The van der Waals surface area contributed by atoms with Crippen molar-refractivity contribution in [2.75, 3.05) is 83.1 Å². The van der Waals surface area contributed by atoms with Crippen molar-refractivity contribution < 1.29 is 41.5 Å². The first-order valence-electron chi connectivity index (χ1n) is 15.1. The molecule has 45 heavy (non-hydrogen) atoms. The van der Waals surface area contributed by atoms with Crippen LogP contribution in [0.3, 0.4) is 0 Å². The molecule has 1 aliphatic heterocycles. The van der Waals surface area contributed by atoms with Crippen LogP contribution in [-0.4, -0.2) is 103 Å². The van der Waals surface area contributed by atoms with Gasteiger partial charge in [-0.3, -0.25) is 14.1 Å². The summed E-state index contributed by atoms with van der Waals surface area (Å²) < 4.78 is 51.6. The number of carbonyl (C=O) groups excluding carboxylic acids is 2. The van der Waals surface area contributed by atoms with Crippen LogP contribution >= 0.6 is 0 Å². The minimum absolute atomic E-state index is 0.0789. The third kappa shape index (κ3) is 15.0. The monoisotopic (exact) mass is 645 g/mol. The second-order valence-corrected chi connectivity index (χ2v) is 11.7. The highest BCUT2D eigenvalue weighted by molar-refractivity contribution is 7.85. The second-order valence-electron chi connectivity index (χ2n) is 10.1. The van der Waals surface area contributed by atoms with Crippen LogP contribution in [0.25, 0.3) is 0 Å². The van der Waals surface area contributed by atoms with Crippen LogP contribution in [0.4, 0.5) is 5.69 Å². The van der Waals surface area contributed by atoms with E-state index in [9.17, 15) is 18.0 Å². The molecule has 3 N–H and O–H groups in total. The summed E-state index contributed by atoms with van der Waals surface area (Å²) in [7, 11) is -3.90. The summed E-state index contributed by atoms with van der Waals surface area (Å²) >= 11 is 0. The quantitative estimate of drug-likeness (QED) is 0.0981. The zero-order valence-electron chi connectivity index (χ0n) is 25.5. The molecule has 2 aromatic carbocycles. The number of ether oxygens (including phenoxy) is 4. The fourth-order valence-corrected chi connectivity index (χ4v) is 4.83. The zero-order chi connectivity index (χ0) is 32.2. The average Bonchev–Trinajstić information content (AvgIpc) is 3.01. The van der Waals surface area contributed by atoms with Crippen LogP contribution in [0, 0.1) is 11.8 Å². The highest BCUT2D eigenvalue weighted by atomic mass is 32.2. The van der Waals surface area contributed by atoms with Gasteiger partial charge in [0.05, 0.1) is 70.8 Å². The van der Waals surface area contributed by atoms with Crippen LogP contribution in [-0.2, 0) is 45.2 Å². The predicted molar refractivity (Wildman–Crippen MR) is 169 cm³/mol. The topological polar surface area (TPSA) is 153 Å². The van der Waals surface area contributed by atoms with Crippen molar-refractivity contribution in [3.63, 3.8) is 0 Å². The summed E-state index contributed by atoms with van der Waals surface area (Å²) in [5, 5.41) is 5.82. The van der Waals surface area contributed by atoms with Gasteiger partial charge in [-0.15, -0.1) is 0 Å². The molecule has 13 heteroatoms. The number of anilines is 1. The smallest absolute Gasteiger partial charge is 0.264 e. The minimum atomic E-state index is -3.90. The molecule has 12 nitrogen and oxygen atoms in total. The van der Waals surface area contributed by atoms with Gasteiger partial charge in [0.2, 0.25) is 11.8 Å². The molecule has 0 bridgehead atoms. The van der Waals surface area contributed by atoms with E-state index in [-0.39, 0.29) is 30.4 Å². The lowest BCUT2D eigenvalue weighted by Gasteiger charge is -2.26. The van der Waals surface area contributed by atoms with E-state index in [0.29, 0.717) is 85.5 Å². The summed E-state index contributed by atoms with van der Waals surface area (Å²) in [6.45, 7) is 5.10. The van der Waals surface area contributed by atoms with Gasteiger partial charge in [0, 0.05) is 37.1 Å². The summed E-state index contributed by atoms with van der Waals surface area (Å²) in [5.41, 5.74) is 3.38. The van der Waals surface area contributed by atoms with Gasteiger partial charge in [-0.05, 0) is 36.7 Å². The number of nitrogens with one attached hydrogen (secondary N) is 2. The Hall–Kier alpha value is -3.35. The fourth-order valence-electron chi connectivity index (χ4n) is 4.32. The third-order valence-corrected chi connectivity index (χ3v) is 7.41. The molecule has 0 unspecified atom stereocenters. The maximum Gasteiger partial charge on any atom is 0.264 e. The van der Waals surface area contributed by atoms with E-state index in [1.54, 1.807) is 4.90 Å². The van der Waals surface area contributed by atoms with Crippen molar-refractivity contribution in [3.05, 3.63) is 65.2 Å². The maximum absolute atomic E-state index is 13.2. The Morgan fingerprint density at radius 3 is 2.02 bits per heavy atom. The van der Waals surface area contributed by atoms with Gasteiger partial charge < -0.3 is 34.5 Å². The Bertz CT molecular complexity index is 1380. The number of para-hydroxylation sites is 1. The number of benzene rings is 2. The van der Waals surface area contributed by atoms with Crippen LogP contribution < -0.4 is 15.5 Å². The third-order valence-electron chi connectivity index (χ3n) is 6.60. The van der Waals surface area contributed by atoms with Gasteiger partial charge >= 0.3 is 0 Å². The van der Waals surface area contributed by atoms with E-state index < -0.39 is 10.1 Å². The molecule has 0 saturated carbocycles. The number of carbonyl (C=O) groups is 2. The number of rotatable bonds is 22. The van der Waals surface area contributed by atoms with E-state index in [4.69, 9.17) is 23.5 Å². The van der Waals surface area contributed by atoms with Gasteiger partial charge in [-0.1, -0.05) is 42.2 Å². The van der Waals surface area contributed by atoms with Crippen LogP contribution in [0.2, 0.25) is 0 Å². The first-order valence-corrected chi connectivity index (χ1v) is 16.7. The fraction of sp³-hybridized carbons (Fsp3) is 0.500. The molecule has 2 aromatic rings. The Morgan fingerprint density at radius 2 is 1.33 bits per heavy atom. The van der Waals surface area contributed by atoms with E-state index in [0.717, 1.165) is 22.4 Å². The maximum atomic E-state index is 13.2. The van der Waals surface area contributed by atoms with Crippen LogP contribution in [0.1, 0.15) is 36.0 Å². The molecular formula is C32H43N3O9S. The van der Waals surface area contributed by atoms with Crippen LogP contribution in [0.5, 0.6) is 0 Å². The van der Waals surface area contributed by atoms with E-state index in [1.807, 2.05) is 48.5 Å². The average molecular weight is 646 g/mol. The molecule has 246 valence electrons. The highest BCUT2D eigenvalue weighted by Gasteiger charge is 2.21. The van der Waals surface area contributed by atoms with Crippen molar-refractivity contribution in [1.82, 2.24) is 10.6 Å². The lowest BCUT2D eigenvalue weighted by molar-refractivity contribution is -0.125. The van der Waals surface area contributed by atoms with Crippen molar-refractivity contribution in [2.24, 2.45) is 0 Å².